The number of carboxylic acids is 1. The van der Waals surface area contributed by atoms with Gasteiger partial charge in [-0.1, -0.05) is 48.5 Å². The second-order valence-corrected chi connectivity index (χ2v) is 9.11. The third-order valence-electron chi connectivity index (χ3n) is 6.82. The van der Waals surface area contributed by atoms with Gasteiger partial charge in [0.25, 0.3) is 0 Å². The molecule has 0 bridgehead atoms. The van der Waals surface area contributed by atoms with Crippen molar-refractivity contribution in [2.24, 2.45) is 11.8 Å². The van der Waals surface area contributed by atoms with E-state index in [-0.39, 0.29) is 37.3 Å². The Morgan fingerprint density at radius 1 is 1.00 bits per heavy atom. The van der Waals surface area contributed by atoms with Crippen LogP contribution in [-0.4, -0.2) is 47.3 Å². The second kappa shape index (κ2) is 9.66. The molecule has 0 spiro atoms. The molecule has 4 N–H and O–H groups in total. The van der Waals surface area contributed by atoms with E-state index in [1.165, 1.54) is 0 Å². The molecule has 5 rings (SSSR count). The Morgan fingerprint density at radius 3 is 2.29 bits per heavy atom. The molecule has 2 amide bonds. The van der Waals surface area contributed by atoms with E-state index < -0.39 is 24.0 Å². The van der Waals surface area contributed by atoms with E-state index in [0.29, 0.717) is 6.42 Å². The number of rotatable bonds is 9. The zero-order valence-corrected chi connectivity index (χ0v) is 19.1. The maximum absolute atomic E-state index is 12.9. The molecule has 35 heavy (non-hydrogen) atoms. The Morgan fingerprint density at radius 2 is 1.69 bits per heavy atom. The highest BCUT2D eigenvalue weighted by Gasteiger charge is 2.43. The van der Waals surface area contributed by atoms with E-state index in [1.807, 2.05) is 48.5 Å². The molecule has 2 aliphatic carbocycles. The van der Waals surface area contributed by atoms with Gasteiger partial charge in [-0.05, 0) is 46.7 Å². The first kappa shape index (κ1) is 22.7. The monoisotopic (exact) mass is 473 g/mol. The van der Waals surface area contributed by atoms with E-state index in [1.54, 1.807) is 6.20 Å². The molecule has 2 aliphatic rings. The van der Waals surface area contributed by atoms with Crippen LogP contribution in [0.15, 0.2) is 66.9 Å². The molecule has 8 nitrogen and oxygen atoms in total. The number of carboxylic acid groups (broad SMARTS) is 1. The van der Waals surface area contributed by atoms with Gasteiger partial charge in [0.2, 0.25) is 5.91 Å². The molecular formula is C27H27N3O5. The molecule has 1 aromatic heterocycles. The number of fused-ring (bicyclic) bond motifs is 3. The number of aliphatic carboxylic acids is 1. The maximum Gasteiger partial charge on any atom is 0.407 e. The minimum atomic E-state index is -0.855. The Hall–Kier alpha value is -4.07. The van der Waals surface area contributed by atoms with E-state index in [0.717, 1.165) is 27.9 Å². The summed E-state index contributed by atoms with van der Waals surface area (Å²) in [5.74, 6) is -1.77. The summed E-state index contributed by atoms with van der Waals surface area (Å²) in [6.45, 7) is 0.419. The smallest absolute Gasteiger partial charge is 0.407 e. The highest BCUT2D eigenvalue weighted by Crippen LogP contribution is 2.44. The third kappa shape index (κ3) is 4.91. The quantitative estimate of drug-likeness (QED) is 0.380. The Labute approximate surface area is 202 Å². The molecule has 0 saturated heterocycles. The first-order chi connectivity index (χ1) is 17.0. The molecule has 8 heteroatoms. The van der Waals surface area contributed by atoms with Gasteiger partial charge in [-0.15, -0.1) is 0 Å². The number of amides is 2. The number of nitrogens with one attached hydrogen (secondary N) is 3. The highest BCUT2D eigenvalue weighted by molar-refractivity contribution is 5.86. The van der Waals surface area contributed by atoms with Crippen LogP contribution >= 0.6 is 0 Å². The molecule has 0 aliphatic heterocycles. The van der Waals surface area contributed by atoms with Gasteiger partial charge in [0.15, 0.2) is 0 Å². The number of hydrogen-bond donors (Lipinski definition) is 4. The first-order valence-corrected chi connectivity index (χ1v) is 11.8. The van der Waals surface area contributed by atoms with Crippen LogP contribution in [0.5, 0.6) is 0 Å². The number of aromatic amines is 1. The van der Waals surface area contributed by atoms with Crippen LogP contribution < -0.4 is 10.6 Å². The van der Waals surface area contributed by atoms with Crippen LogP contribution in [-0.2, 0) is 20.7 Å². The van der Waals surface area contributed by atoms with Crippen LogP contribution in [0, 0.1) is 11.8 Å². The lowest BCUT2D eigenvalue weighted by Gasteiger charge is -2.19. The fourth-order valence-corrected chi connectivity index (χ4v) is 4.84. The molecule has 3 aromatic rings. The fourth-order valence-electron chi connectivity index (χ4n) is 4.84. The summed E-state index contributed by atoms with van der Waals surface area (Å²) in [6.07, 6.45) is 1.89. The number of carbonyl (C=O) groups excluding carboxylic acids is 2. The SMILES string of the molecule is O=C(NC(Cc1ccc[nH]1)C(=O)NCC1CC1C(=O)O)OCC1c2ccccc2-c2ccccc21. The summed E-state index contributed by atoms with van der Waals surface area (Å²) in [6, 6.07) is 19.0. The molecule has 3 atom stereocenters. The zero-order chi connectivity index (χ0) is 24.4. The van der Waals surface area contributed by atoms with Crippen molar-refractivity contribution < 1.29 is 24.2 Å². The first-order valence-electron chi connectivity index (χ1n) is 11.8. The predicted molar refractivity (Wildman–Crippen MR) is 129 cm³/mol. The molecule has 3 unspecified atom stereocenters. The van der Waals surface area contributed by atoms with Gasteiger partial charge in [0.05, 0.1) is 5.92 Å². The van der Waals surface area contributed by atoms with Gasteiger partial charge in [-0.3, -0.25) is 9.59 Å². The zero-order valence-electron chi connectivity index (χ0n) is 19.1. The largest absolute Gasteiger partial charge is 0.481 e. The van der Waals surface area contributed by atoms with Crippen molar-refractivity contribution >= 4 is 18.0 Å². The summed E-state index contributed by atoms with van der Waals surface area (Å²) in [7, 11) is 0. The van der Waals surface area contributed by atoms with Crippen molar-refractivity contribution in [1.82, 2.24) is 15.6 Å². The molecule has 180 valence electrons. The van der Waals surface area contributed by atoms with Crippen molar-refractivity contribution in [3.8, 4) is 11.1 Å². The van der Waals surface area contributed by atoms with Crippen LogP contribution in [0.2, 0.25) is 0 Å². The standard InChI is InChI=1S/C27H27N3O5/c31-25(29-14-16-12-22(16)26(32)33)24(13-17-6-5-11-28-17)30-27(34)35-15-23-20-9-3-1-7-18(20)19-8-2-4-10-21(19)23/h1-11,16,22-24,28H,12-15H2,(H,29,31)(H,30,34)(H,32,33). The van der Waals surface area contributed by atoms with Gasteiger partial charge in [-0.25, -0.2) is 4.79 Å². The van der Waals surface area contributed by atoms with Crippen molar-refractivity contribution in [2.45, 2.75) is 24.8 Å². The van der Waals surface area contributed by atoms with E-state index in [9.17, 15) is 14.4 Å². The lowest BCUT2D eigenvalue weighted by Crippen LogP contribution is -2.49. The number of alkyl carbamates (subject to hydrolysis) is 1. The summed E-state index contributed by atoms with van der Waals surface area (Å²) in [4.78, 5) is 39.7. The molecule has 1 saturated carbocycles. The minimum Gasteiger partial charge on any atom is -0.481 e. The summed E-state index contributed by atoms with van der Waals surface area (Å²) in [5.41, 5.74) is 5.29. The minimum absolute atomic E-state index is 0.0722. The van der Waals surface area contributed by atoms with Crippen molar-refractivity contribution in [3.05, 3.63) is 83.7 Å². The highest BCUT2D eigenvalue weighted by atomic mass is 16.5. The normalized spacial score (nSPS) is 18.7. The number of ether oxygens (including phenoxy) is 1. The Balaban J connectivity index is 1.22. The fraction of sp³-hybridized carbons (Fsp3) is 0.296. The number of H-pyrrole nitrogens is 1. The average Bonchev–Trinajstić information content (AvgIpc) is 3.34. The maximum atomic E-state index is 12.9. The Kier molecular flexibility index (Phi) is 6.27. The van der Waals surface area contributed by atoms with Crippen molar-refractivity contribution in [1.29, 1.82) is 0 Å². The van der Waals surface area contributed by atoms with Crippen LogP contribution in [0.25, 0.3) is 11.1 Å². The third-order valence-corrected chi connectivity index (χ3v) is 6.82. The summed E-state index contributed by atoms with van der Waals surface area (Å²) < 4.78 is 5.61. The van der Waals surface area contributed by atoms with E-state index in [2.05, 4.69) is 27.8 Å². The van der Waals surface area contributed by atoms with Gasteiger partial charge in [0.1, 0.15) is 12.6 Å². The van der Waals surface area contributed by atoms with Crippen LogP contribution in [0.3, 0.4) is 0 Å². The second-order valence-electron chi connectivity index (χ2n) is 9.11. The van der Waals surface area contributed by atoms with Crippen LogP contribution in [0.4, 0.5) is 4.79 Å². The lowest BCUT2D eigenvalue weighted by atomic mass is 9.98. The van der Waals surface area contributed by atoms with Gasteiger partial charge in [0, 0.05) is 30.8 Å². The molecule has 1 heterocycles. The number of aromatic nitrogens is 1. The Bertz CT molecular complexity index is 1190. The van der Waals surface area contributed by atoms with Crippen molar-refractivity contribution in [3.63, 3.8) is 0 Å². The average molecular weight is 474 g/mol. The molecular weight excluding hydrogens is 446 g/mol. The molecule has 0 radical (unpaired) electrons. The molecule has 1 fully saturated rings. The van der Waals surface area contributed by atoms with Gasteiger partial charge >= 0.3 is 12.1 Å². The number of hydrogen-bond acceptors (Lipinski definition) is 4. The van der Waals surface area contributed by atoms with E-state index in [4.69, 9.17) is 9.84 Å². The van der Waals surface area contributed by atoms with E-state index >= 15 is 0 Å². The predicted octanol–water partition coefficient (Wildman–Crippen LogP) is 3.30. The summed E-state index contributed by atoms with van der Waals surface area (Å²) >= 11 is 0. The number of carbonyl (C=O) groups is 3. The lowest BCUT2D eigenvalue weighted by molar-refractivity contribution is -0.139. The van der Waals surface area contributed by atoms with Gasteiger partial charge < -0.3 is 25.5 Å². The molecule has 2 aromatic carbocycles. The topological polar surface area (TPSA) is 121 Å². The number of benzene rings is 2. The summed E-state index contributed by atoms with van der Waals surface area (Å²) in [5, 5.41) is 14.5. The van der Waals surface area contributed by atoms with Crippen LogP contribution in [0.1, 0.15) is 29.2 Å². The van der Waals surface area contributed by atoms with Gasteiger partial charge in [-0.2, -0.15) is 0 Å². The van der Waals surface area contributed by atoms with Crippen molar-refractivity contribution in [2.75, 3.05) is 13.2 Å².